The minimum absolute atomic E-state index is 0.00425. The van der Waals surface area contributed by atoms with E-state index < -0.39 is 6.04 Å². The van der Waals surface area contributed by atoms with Crippen molar-refractivity contribution in [3.63, 3.8) is 0 Å². The number of ether oxygens (including phenoxy) is 1. The normalized spacial score (nSPS) is 15.5. The van der Waals surface area contributed by atoms with E-state index in [-0.39, 0.29) is 18.2 Å². The van der Waals surface area contributed by atoms with E-state index in [9.17, 15) is 9.59 Å². The minimum Gasteiger partial charge on any atom is -0.495 e. The van der Waals surface area contributed by atoms with Crippen LogP contribution in [0.4, 0.5) is 11.5 Å². The Kier molecular flexibility index (Phi) is 4.75. The molecule has 0 fully saturated rings. The summed E-state index contributed by atoms with van der Waals surface area (Å²) in [7, 11) is 1.53. The van der Waals surface area contributed by atoms with Gasteiger partial charge in [0.25, 0.3) is 0 Å². The lowest BCUT2D eigenvalue weighted by Gasteiger charge is -2.24. The second kappa shape index (κ2) is 7.36. The number of halogens is 1. The number of aromatic nitrogens is 2. The van der Waals surface area contributed by atoms with Gasteiger partial charge in [0.2, 0.25) is 11.8 Å². The molecule has 3 aromatic rings. The zero-order valence-corrected chi connectivity index (χ0v) is 15.7. The lowest BCUT2D eigenvalue weighted by molar-refractivity contribution is -0.125. The van der Waals surface area contributed by atoms with Crippen LogP contribution in [0, 0.1) is 0 Å². The molecule has 0 spiro atoms. The summed E-state index contributed by atoms with van der Waals surface area (Å²) in [6, 6.07) is 15.3. The van der Waals surface area contributed by atoms with E-state index in [0.717, 1.165) is 5.56 Å². The quantitative estimate of drug-likeness (QED) is 0.703. The Morgan fingerprint density at radius 2 is 2.00 bits per heavy atom. The fourth-order valence-corrected chi connectivity index (χ4v) is 3.24. The maximum Gasteiger partial charge on any atom is 0.249 e. The van der Waals surface area contributed by atoms with Gasteiger partial charge in [0.15, 0.2) is 0 Å². The molecule has 0 unspecified atom stereocenters. The number of amides is 2. The van der Waals surface area contributed by atoms with Gasteiger partial charge in [0, 0.05) is 16.7 Å². The fourth-order valence-electron chi connectivity index (χ4n) is 3.11. The summed E-state index contributed by atoms with van der Waals surface area (Å²) >= 11 is 5.94. The molecular weight excluding hydrogens is 380 g/mol. The van der Waals surface area contributed by atoms with Crippen molar-refractivity contribution in [2.24, 2.45) is 0 Å². The zero-order valence-electron chi connectivity index (χ0n) is 15.0. The third kappa shape index (κ3) is 3.44. The van der Waals surface area contributed by atoms with Gasteiger partial charge in [-0.25, -0.2) is 4.68 Å². The zero-order chi connectivity index (χ0) is 19.7. The SMILES string of the molecule is COc1ccccc1NC(=O)[C@@H]1CC(=O)Nc2cc(-c3ccc(Cl)cc3)nn21. The largest absolute Gasteiger partial charge is 0.495 e. The van der Waals surface area contributed by atoms with Crippen LogP contribution < -0.4 is 15.4 Å². The number of anilines is 2. The number of methoxy groups -OCH3 is 1. The van der Waals surface area contributed by atoms with E-state index in [0.29, 0.717) is 28.0 Å². The molecule has 2 aromatic carbocycles. The number of hydrogen-bond donors (Lipinski definition) is 2. The standard InChI is InChI=1S/C20H17ClN4O3/c1-28-17-5-3-2-4-14(17)22-20(27)16-11-19(26)23-18-10-15(24-25(16)18)12-6-8-13(21)9-7-12/h2-10,16H,11H2,1H3,(H,22,27)(H,23,26)/t16-/m0/s1. The van der Waals surface area contributed by atoms with Gasteiger partial charge < -0.3 is 15.4 Å². The maximum atomic E-state index is 12.9. The van der Waals surface area contributed by atoms with Crippen molar-refractivity contribution in [1.82, 2.24) is 9.78 Å². The smallest absolute Gasteiger partial charge is 0.249 e. The molecule has 1 atom stereocenters. The number of nitrogens with zero attached hydrogens (tertiary/aromatic N) is 2. The van der Waals surface area contributed by atoms with E-state index in [2.05, 4.69) is 15.7 Å². The number of hydrogen-bond acceptors (Lipinski definition) is 4. The highest BCUT2D eigenvalue weighted by atomic mass is 35.5. The molecule has 8 heteroatoms. The highest BCUT2D eigenvalue weighted by Crippen LogP contribution is 2.31. The molecule has 0 radical (unpaired) electrons. The number of benzene rings is 2. The van der Waals surface area contributed by atoms with Crippen molar-refractivity contribution in [1.29, 1.82) is 0 Å². The van der Waals surface area contributed by atoms with E-state index >= 15 is 0 Å². The summed E-state index contributed by atoms with van der Waals surface area (Å²) in [5, 5.41) is 10.7. The maximum absolute atomic E-state index is 12.9. The third-order valence-electron chi connectivity index (χ3n) is 4.48. The molecule has 0 saturated heterocycles. The van der Waals surface area contributed by atoms with E-state index in [1.54, 1.807) is 36.4 Å². The summed E-state index contributed by atoms with van der Waals surface area (Å²) in [4.78, 5) is 25.0. The highest BCUT2D eigenvalue weighted by molar-refractivity contribution is 6.30. The van der Waals surface area contributed by atoms with Crippen molar-refractivity contribution in [2.75, 3.05) is 17.7 Å². The molecule has 0 bridgehead atoms. The van der Waals surface area contributed by atoms with Gasteiger partial charge >= 0.3 is 0 Å². The predicted octanol–water partition coefficient (Wildman–Crippen LogP) is 3.73. The first kappa shape index (κ1) is 18.1. The predicted molar refractivity (Wildman–Crippen MR) is 107 cm³/mol. The van der Waals surface area contributed by atoms with Crippen LogP contribution in [0.25, 0.3) is 11.3 Å². The summed E-state index contributed by atoms with van der Waals surface area (Å²) in [6.07, 6.45) is -0.00425. The first-order valence-corrected chi connectivity index (χ1v) is 9.02. The Morgan fingerprint density at radius 1 is 1.25 bits per heavy atom. The monoisotopic (exact) mass is 396 g/mol. The van der Waals surface area contributed by atoms with Gasteiger partial charge in [-0.1, -0.05) is 35.9 Å². The molecule has 2 amide bonds. The molecule has 28 heavy (non-hydrogen) atoms. The van der Waals surface area contributed by atoms with Crippen LogP contribution >= 0.6 is 11.6 Å². The number of para-hydroxylation sites is 2. The Balaban J connectivity index is 1.65. The Bertz CT molecular complexity index is 1050. The van der Waals surface area contributed by atoms with Crippen molar-refractivity contribution in [3.8, 4) is 17.0 Å². The molecule has 2 heterocycles. The van der Waals surface area contributed by atoms with Gasteiger partial charge in [-0.2, -0.15) is 5.10 Å². The molecule has 0 saturated carbocycles. The summed E-state index contributed by atoms with van der Waals surface area (Å²) < 4.78 is 6.81. The van der Waals surface area contributed by atoms with E-state index in [1.807, 2.05) is 18.2 Å². The molecule has 1 aliphatic rings. The molecule has 0 aliphatic carbocycles. The van der Waals surface area contributed by atoms with Crippen LogP contribution in [0.1, 0.15) is 12.5 Å². The molecule has 4 rings (SSSR count). The Labute approximate surface area is 166 Å². The second-order valence-corrected chi connectivity index (χ2v) is 6.76. The van der Waals surface area contributed by atoms with Gasteiger partial charge in [-0.15, -0.1) is 0 Å². The number of rotatable bonds is 4. The lowest BCUT2D eigenvalue weighted by Crippen LogP contribution is -2.35. The molecule has 142 valence electrons. The first-order valence-electron chi connectivity index (χ1n) is 8.64. The van der Waals surface area contributed by atoms with E-state index in [1.165, 1.54) is 11.8 Å². The van der Waals surface area contributed by atoms with Crippen LogP contribution in [0.15, 0.2) is 54.6 Å². The molecule has 2 N–H and O–H groups in total. The molecule has 1 aliphatic heterocycles. The average molecular weight is 397 g/mol. The first-order chi connectivity index (χ1) is 13.5. The van der Waals surface area contributed by atoms with Gasteiger partial charge in [-0.05, 0) is 24.3 Å². The van der Waals surface area contributed by atoms with Crippen LogP contribution in [0.2, 0.25) is 5.02 Å². The molecule has 7 nitrogen and oxygen atoms in total. The third-order valence-corrected chi connectivity index (χ3v) is 4.74. The molecule has 1 aromatic heterocycles. The van der Waals surface area contributed by atoms with Crippen LogP contribution in [0.3, 0.4) is 0 Å². The molecular formula is C20H17ClN4O3. The summed E-state index contributed by atoms with van der Waals surface area (Å²) in [5.74, 6) is 0.432. The fraction of sp³-hybridized carbons (Fsp3) is 0.150. The van der Waals surface area contributed by atoms with E-state index in [4.69, 9.17) is 16.3 Å². The average Bonchev–Trinajstić information content (AvgIpc) is 3.12. The Hall–Kier alpha value is -3.32. The van der Waals surface area contributed by atoms with Crippen LogP contribution in [-0.4, -0.2) is 28.7 Å². The Morgan fingerprint density at radius 3 is 2.75 bits per heavy atom. The summed E-state index contributed by atoms with van der Waals surface area (Å²) in [5.41, 5.74) is 2.01. The van der Waals surface area contributed by atoms with Crippen molar-refractivity contribution in [2.45, 2.75) is 12.5 Å². The number of fused-ring (bicyclic) bond motifs is 1. The number of nitrogens with one attached hydrogen (secondary N) is 2. The van der Waals surface area contributed by atoms with Gasteiger partial charge in [0.1, 0.15) is 17.6 Å². The van der Waals surface area contributed by atoms with Crippen molar-refractivity contribution >= 4 is 34.9 Å². The van der Waals surface area contributed by atoms with Crippen LogP contribution in [0.5, 0.6) is 5.75 Å². The van der Waals surface area contributed by atoms with Gasteiger partial charge in [0.05, 0.1) is 24.9 Å². The van der Waals surface area contributed by atoms with Crippen molar-refractivity contribution in [3.05, 3.63) is 59.6 Å². The second-order valence-electron chi connectivity index (χ2n) is 6.32. The topological polar surface area (TPSA) is 85.2 Å². The van der Waals surface area contributed by atoms with Crippen molar-refractivity contribution < 1.29 is 14.3 Å². The van der Waals surface area contributed by atoms with Gasteiger partial charge in [-0.3, -0.25) is 9.59 Å². The minimum atomic E-state index is -0.769. The van der Waals surface area contributed by atoms with Crippen LogP contribution in [-0.2, 0) is 9.59 Å². The number of carbonyl (C=O) groups is 2. The summed E-state index contributed by atoms with van der Waals surface area (Å²) in [6.45, 7) is 0. The lowest BCUT2D eigenvalue weighted by atomic mass is 10.1. The highest BCUT2D eigenvalue weighted by Gasteiger charge is 2.32. The number of carbonyl (C=O) groups excluding carboxylic acids is 2.